The molecule has 1 rings (SSSR count). The molecular weight excluding hydrogens is 263 g/mol. The molecule has 0 radical (unpaired) electrons. The van der Waals surface area contributed by atoms with Gasteiger partial charge in [-0.05, 0) is 18.6 Å². The first-order valence-corrected chi connectivity index (χ1v) is 6.09. The van der Waals surface area contributed by atoms with Crippen LogP contribution in [-0.2, 0) is 9.47 Å². The number of aliphatic hydroxyl groups is 1. The summed E-state index contributed by atoms with van der Waals surface area (Å²) in [6.45, 7) is 1.93. The quantitative estimate of drug-likeness (QED) is 0.811. The monoisotopic (exact) mass is 278 g/mol. The van der Waals surface area contributed by atoms with Crippen LogP contribution in [0, 0.1) is 0 Å². The topological polar surface area (TPSA) is 38.7 Å². The lowest BCUT2D eigenvalue weighted by Gasteiger charge is -2.24. The summed E-state index contributed by atoms with van der Waals surface area (Å²) in [5.74, 6) is 0. The summed E-state index contributed by atoms with van der Waals surface area (Å²) < 4.78 is 10.3. The maximum absolute atomic E-state index is 9.95. The van der Waals surface area contributed by atoms with E-state index in [4.69, 9.17) is 32.7 Å². The third kappa shape index (κ3) is 3.83. The van der Waals surface area contributed by atoms with Gasteiger partial charge in [-0.25, -0.2) is 0 Å². The molecule has 0 fully saturated rings. The van der Waals surface area contributed by atoms with Gasteiger partial charge in [0.25, 0.3) is 0 Å². The molecule has 0 aromatic heterocycles. The van der Waals surface area contributed by atoms with Crippen molar-refractivity contribution in [2.45, 2.75) is 25.6 Å². The molecule has 3 nitrogen and oxygen atoms in total. The van der Waals surface area contributed by atoms with Gasteiger partial charge in [0, 0.05) is 22.7 Å². The van der Waals surface area contributed by atoms with Crippen molar-refractivity contribution < 1.29 is 14.6 Å². The first-order chi connectivity index (χ1) is 8.11. The lowest BCUT2D eigenvalue weighted by molar-refractivity contribution is -0.115. The lowest BCUT2D eigenvalue weighted by Crippen LogP contribution is -2.22. The SMILES string of the molecule is CC[C@H](O)[C@@H](OCOC)c1c(Cl)cccc1Cl. The Hall–Kier alpha value is -0.320. The minimum absolute atomic E-state index is 0.0727. The normalized spacial score (nSPS) is 14.6. The maximum Gasteiger partial charge on any atom is 0.147 e. The summed E-state index contributed by atoms with van der Waals surface area (Å²) in [5, 5.41) is 10.9. The molecule has 96 valence electrons. The molecule has 0 aliphatic heterocycles. The molecule has 0 aliphatic carbocycles. The zero-order chi connectivity index (χ0) is 12.8. The molecule has 0 heterocycles. The molecule has 17 heavy (non-hydrogen) atoms. The van der Waals surface area contributed by atoms with Gasteiger partial charge in [0.05, 0.1) is 6.10 Å². The second-order valence-electron chi connectivity index (χ2n) is 3.60. The van der Waals surface area contributed by atoms with E-state index in [1.807, 2.05) is 6.92 Å². The zero-order valence-corrected chi connectivity index (χ0v) is 11.3. The second kappa shape index (κ2) is 7.19. The molecule has 1 aromatic carbocycles. The third-order valence-corrected chi connectivity index (χ3v) is 3.08. The molecule has 2 atom stereocenters. The largest absolute Gasteiger partial charge is 0.390 e. The third-order valence-electron chi connectivity index (χ3n) is 2.42. The van der Waals surface area contributed by atoms with Gasteiger partial charge in [0.1, 0.15) is 12.9 Å². The van der Waals surface area contributed by atoms with Gasteiger partial charge < -0.3 is 14.6 Å². The van der Waals surface area contributed by atoms with E-state index in [9.17, 15) is 5.11 Å². The van der Waals surface area contributed by atoms with E-state index in [-0.39, 0.29) is 6.79 Å². The van der Waals surface area contributed by atoms with E-state index in [0.717, 1.165) is 0 Å². The van der Waals surface area contributed by atoms with Crippen molar-refractivity contribution in [3.05, 3.63) is 33.8 Å². The van der Waals surface area contributed by atoms with Gasteiger partial charge in [-0.15, -0.1) is 0 Å². The Morgan fingerprint density at radius 3 is 2.35 bits per heavy atom. The minimum atomic E-state index is -0.678. The van der Waals surface area contributed by atoms with Crippen LogP contribution in [0.5, 0.6) is 0 Å². The average molecular weight is 279 g/mol. The Morgan fingerprint density at radius 1 is 1.29 bits per heavy atom. The van der Waals surface area contributed by atoms with E-state index in [2.05, 4.69) is 0 Å². The van der Waals surface area contributed by atoms with Gasteiger partial charge in [0.2, 0.25) is 0 Å². The Morgan fingerprint density at radius 2 is 1.88 bits per heavy atom. The number of hydrogen-bond donors (Lipinski definition) is 1. The summed E-state index contributed by atoms with van der Waals surface area (Å²) in [6.07, 6.45) is -0.723. The maximum atomic E-state index is 9.95. The first kappa shape index (κ1) is 14.7. The fourth-order valence-corrected chi connectivity index (χ4v) is 2.14. The van der Waals surface area contributed by atoms with Crippen LogP contribution < -0.4 is 0 Å². The molecular formula is C12H16Cl2O3. The smallest absolute Gasteiger partial charge is 0.147 e. The first-order valence-electron chi connectivity index (χ1n) is 5.34. The molecule has 1 aromatic rings. The highest BCUT2D eigenvalue weighted by Crippen LogP contribution is 2.35. The molecule has 0 saturated carbocycles. The number of hydrogen-bond acceptors (Lipinski definition) is 3. The molecule has 5 heteroatoms. The van der Waals surface area contributed by atoms with Gasteiger partial charge in [-0.3, -0.25) is 0 Å². The molecule has 0 unspecified atom stereocenters. The number of halogens is 2. The summed E-state index contributed by atoms with van der Waals surface area (Å²) in [7, 11) is 1.52. The predicted octanol–water partition coefficient (Wildman–Crippen LogP) is 3.43. The Labute approximate surface area is 111 Å². The van der Waals surface area contributed by atoms with Gasteiger partial charge in [-0.2, -0.15) is 0 Å². The van der Waals surface area contributed by atoms with Crippen LogP contribution in [-0.4, -0.2) is 25.1 Å². The average Bonchev–Trinajstić information content (AvgIpc) is 2.32. The molecule has 0 amide bonds. The number of rotatable bonds is 6. The van der Waals surface area contributed by atoms with E-state index >= 15 is 0 Å². The van der Waals surface area contributed by atoms with E-state index in [1.54, 1.807) is 18.2 Å². The Balaban J connectivity index is 3.03. The highest BCUT2D eigenvalue weighted by Gasteiger charge is 2.25. The van der Waals surface area contributed by atoms with Crippen LogP contribution >= 0.6 is 23.2 Å². The summed E-state index contributed by atoms with van der Waals surface area (Å²) >= 11 is 12.2. The molecule has 0 saturated heterocycles. The molecule has 1 N–H and O–H groups in total. The summed E-state index contributed by atoms with van der Waals surface area (Å²) in [6, 6.07) is 5.18. The number of methoxy groups -OCH3 is 1. The van der Waals surface area contributed by atoms with Gasteiger partial charge >= 0.3 is 0 Å². The van der Waals surface area contributed by atoms with Crippen molar-refractivity contribution >= 4 is 23.2 Å². The lowest BCUT2D eigenvalue weighted by atomic mass is 10.0. The molecule has 0 spiro atoms. The van der Waals surface area contributed by atoms with E-state index in [1.165, 1.54) is 7.11 Å². The summed E-state index contributed by atoms with van der Waals surface area (Å²) in [5.41, 5.74) is 0.599. The van der Waals surface area contributed by atoms with Crippen LogP contribution in [0.3, 0.4) is 0 Å². The van der Waals surface area contributed by atoms with Crippen LogP contribution in [0.1, 0.15) is 25.0 Å². The van der Waals surface area contributed by atoms with Crippen molar-refractivity contribution in [2.24, 2.45) is 0 Å². The predicted molar refractivity (Wildman–Crippen MR) is 68.5 cm³/mol. The number of aliphatic hydroxyl groups excluding tert-OH is 1. The summed E-state index contributed by atoms with van der Waals surface area (Å²) in [4.78, 5) is 0. The highest BCUT2D eigenvalue weighted by molar-refractivity contribution is 6.36. The minimum Gasteiger partial charge on any atom is -0.390 e. The van der Waals surface area contributed by atoms with E-state index < -0.39 is 12.2 Å². The van der Waals surface area contributed by atoms with Gasteiger partial charge in [-0.1, -0.05) is 36.2 Å². The van der Waals surface area contributed by atoms with Crippen molar-refractivity contribution in [1.82, 2.24) is 0 Å². The zero-order valence-electron chi connectivity index (χ0n) is 9.82. The fourth-order valence-electron chi connectivity index (χ4n) is 1.52. The van der Waals surface area contributed by atoms with Crippen LogP contribution in [0.4, 0.5) is 0 Å². The van der Waals surface area contributed by atoms with Crippen LogP contribution in [0.2, 0.25) is 10.0 Å². The van der Waals surface area contributed by atoms with E-state index in [0.29, 0.717) is 22.0 Å². The fraction of sp³-hybridized carbons (Fsp3) is 0.500. The molecule has 0 aliphatic rings. The van der Waals surface area contributed by atoms with Crippen molar-refractivity contribution in [2.75, 3.05) is 13.9 Å². The van der Waals surface area contributed by atoms with Crippen molar-refractivity contribution in [3.63, 3.8) is 0 Å². The Bertz CT molecular complexity index is 337. The number of benzene rings is 1. The number of ether oxygens (including phenoxy) is 2. The Kier molecular flexibility index (Phi) is 6.23. The van der Waals surface area contributed by atoms with Crippen molar-refractivity contribution in [1.29, 1.82) is 0 Å². The molecule has 0 bridgehead atoms. The second-order valence-corrected chi connectivity index (χ2v) is 4.42. The van der Waals surface area contributed by atoms with Crippen LogP contribution in [0.15, 0.2) is 18.2 Å². The highest BCUT2D eigenvalue weighted by atomic mass is 35.5. The van der Waals surface area contributed by atoms with Gasteiger partial charge in [0.15, 0.2) is 0 Å². The standard InChI is InChI=1S/C12H16Cl2O3/c1-3-10(15)12(17-7-16-2)11-8(13)5-4-6-9(11)14/h4-6,10,12,15H,3,7H2,1-2H3/t10-,12+/m0/s1. The van der Waals surface area contributed by atoms with Crippen molar-refractivity contribution in [3.8, 4) is 0 Å². The van der Waals surface area contributed by atoms with Crippen LogP contribution in [0.25, 0.3) is 0 Å².